The van der Waals surface area contributed by atoms with Gasteiger partial charge in [-0.1, -0.05) is 30.3 Å². The third-order valence-electron chi connectivity index (χ3n) is 3.87. The summed E-state index contributed by atoms with van der Waals surface area (Å²) in [5.41, 5.74) is 0.918. The molecule has 1 aromatic rings. The minimum Gasteiger partial charge on any atom is -0.463 e. The molecule has 2 N–H and O–H groups in total. The predicted octanol–water partition coefficient (Wildman–Crippen LogP) is 2.33. The topological polar surface area (TPSA) is 67.4 Å². The molecule has 1 saturated heterocycles. The first kappa shape index (κ1) is 17.5. The highest BCUT2D eigenvalue weighted by molar-refractivity contribution is 5.78. The van der Waals surface area contributed by atoms with Crippen LogP contribution in [0.25, 0.3) is 0 Å². The first-order chi connectivity index (χ1) is 11.0. The van der Waals surface area contributed by atoms with Gasteiger partial charge in [0.15, 0.2) is 0 Å². The molecule has 1 amide bonds. The van der Waals surface area contributed by atoms with Crippen molar-refractivity contribution in [3.8, 4) is 0 Å². The molecule has 0 radical (unpaired) electrons. The Bertz CT molecular complexity index is 510. The summed E-state index contributed by atoms with van der Waals surface area (Å²) in [6.07, 6.45) is 2.58. The molecule has 1 aliphatic heterocycles. The Labute approximate surface area is 137 Å². The highest BCUT2D eigenvalue weighted by atomic mass is 16.5. The minimum absolute atomic E-state index is 0.0319. The van der Waals surface area contributed by atoms with Gasteiger partial charge in [0.2, 0.25) is 5.91 Å². The van der Waals surface area contributed by atoms with E-state index in [1.165, 1.54) is 0 Å². The van der Waals surface area contributed by atoms with Gasteiger partial charge in [0, 0.05) is 12.5 Å². The summed E-state index contributed by atoms with van der Waals surface area (Å²) >= 11 is 0. The van der Waals surface area contributed by atoms with Gasteiger partial charge in [0.1, 0.15) is 0 Å². The van der Waals surface area contributed by atoms with Crippen molar-refractivity contribution in [1.29, 1.82) is 0 Å². The van der Waals surface area contributed by atoms with Crippen LogP contribution >= 0.6 is 0 Å². The maximum absolute atomic E-state index is 12.3. The van der Waals surface area contributed by atoms with Crippen molar-refractivity contribution >= 4 is 11.9 Å². The van der Waals surface area contributed by atoms with E-state index in [9.17, 15) is 9.59 Å². The zero-order valence-electron chi connectivity index (χ0n) is 13.9. The smallest absolute Gasteiger partial charge is 0.308 e. The zero-order valence-corrected chi connectivity index (χ0v) is 13.9. The van der Waals surface area contributed by atoms with E-state index in [0.29, 0.717) is 6.42 Å². The second-order valence-corrected chi connectivity index (χ2v) is 6.27. The molecule has 1 aromatic carbocycles. The van der Waals surface area contributed by atoms with E-state index in [-0.39, 0.29) is 36.5 Å². The van der Waals surface area contributed by atoms with Crippen LogP contribution in [0.5, 0.6) is 0 Å². The van der Waals surface area contributed by atoms with Crippen LogP contribution in [0, 0.1) is 0 Å². The van der Waals surface area contributed by atoms with Gasteiger partial charge in [-0.3, -0.25) is 9.59 Å². The molecule has 0 aromatic heterocycles. The quantitative estimate of drug-likeness (QED) is 0.757. The van der Waals surface area contributed by atoms with Crippen molar-refractivity contribution in [3.05, 3.63) is 35.9 Å². The van der Waals surface area contributed by atoms with Crippen molar-refractivity contribution in [3.63, 3.8) is 0 Å². The Morgan fingerprint density at radius 2 is 2.04 bits per heavy atom. The summed E-state index contributed by atoms with van der Waals surface area (Å²) in [7, 11) is 0. The summed E-state index contributed by atoms with van der Waals surface area (Å²) in [5, 5.41) is 6.30. The van der Waals surface area contributed by atoms with Crippen molar-refractivity contribution in [2.24, 2.45) is 0 Å². The molecule has 1 fully saturated rings. The number of esters is 1. The highest BCUT2D eigenvalue weighted by Gasteiger charge is 2.23. The normalized spacial score (nSPS) is 18.7. The van der Waals surface area contributed by atoms with Crippen molar-refractivity contribution in [2.75, 3.05) is 6.54 Å². The molecular formula is C18H26N2O3. The van der Waals surface area contributed by atoms with Gasteiger partial charge in [-0.05, 0) is 38.8 Å². The number of rotatable bonds is 7. The number of benzene rings is 1. The molecule has 0 bridgehead atoms. The maximum atomic E-state index is 12.3. The molecule has 2 rings (SSSR count). The lowest BCUT2D eigenvalue weighted by atomic mass is 10.0. The van der Waals surface area contributed by atoms with E-state index < -0.39 is 0 Å². The average Bonchev–Trinajstić information content (AvgIpc) is 2.99. The lowest BCUT2D eigenvalue weighted by molar-refractivity contribution is -0.148. The van der Waals surface area contributed by atoms with Gasteiger partial charge >= 0.3 is 5.97 Å². The number of nitrogens with one attached hydrogen (secondary N) is 2. The number of ether oxygens (including phenoxy) is 1. The molecule has 2 unspecified atom stereocenters. The fraction of sp³-hybridized carbons (Fsp3) is 0.556. The van der Waals surface area contributed by atoms with Gasteiger partial charge in [0.05, 0.1) is 18.6 Å². The Morgan fingerprint density at radius 3 is 2.65 bits per heavy atom. The molecule has 0 saturated carbocycles. The van der Waals surface area contributed by atoms with Gasteiger partial charge in [-0.25, -0.2) is 0 Å². The van der Waals surface area contributed by atoms with Crippen LogP contribution in [-0.4, -0.2) is 30.6 Å². The first-order valence-electron chi connectivity index (χ1n) is 8.31. The lowest BCUT2D eigenvalue weighted by Gasteiger charge is -2.20. The number of carbonyl (C=O) groups excluding carboxylic acids is 2. The fourth-order valence-corrected chi connectivity index (χ4v) is 2.82. The van der Waals surface area contributed by atoms with Crippen molar-refractivity contribution in [2.45, 2.75) is 57.7 Å². The monoisotopic (exact) mass is 318 g/mol. The van der Waals surface area contributed by atoms with E-state index in [1.807, 2.05) is 44.2 Å². The summed E-state index contributed by atoms with van der Waals surface area (Å²) in [5.74, 6) is -0.330. The SMILES string of the molecule is CC(C)OC(=O)CC(NC(=O)CC1CCCN1)c1ccccc1. The molecular weight excluding hydrogens is 292 g/mol. The number of hydrogen-bond donors (Lipinski definition) is 2. The standard InChI is InChI=1S/C18H26N2O3/c1-13(2)23-18(22)12-16(14-7-4-3-5-8-14)20-17(21)11-15-9-6-10-19-15/h3-5,7-8,13,15-16,19H,6,9-12H2,1-2H3,(H,20,21). The summed E-state index contributed by atoms with van der Waals surface area (Å²) in [4.78, 5) is 24.3. The van der Waals surface area contributed by atoms with Crippen LogP contribution in [-0.2, 0) is 14.3 Å². The third-order valence-corrected chi connectivity index (χ3v) is 3.87. The highest BCUT2D eigenvalue weighted by Crippen LogP contribution is 2.18. The molecule has 0 aliphatic carbocycles. The summed E-state index contributed by atoms with van der Waals surface area (Å²) < 4.78 is 5.21. The molecule has 5 heteroatoms. The van der Waals surface area contributed by atoms with Gasteiger partial charge < -0.3 is 15.4 Å². The first-order valence-corrected chi connectivity index (χ1v) is 8.31. The largest absolute Gasteiger partial charge is 0.463 e. The van der Waals surface area contributed by atoms with E-state index in [4.69, 9.17) is 4.74 Å². The number of hydrogen-bond acceptors (Lipinski definition) is 4. The molecule has 1 aliphatic rings. The zero-order chi connectivity index (χ0) is 16.7. The minimum atomic E-state index is -0.351. The fourth-order valence-electron chi connectivity index (χ4n) is 2.82. The van der Waals surface area contributed by atoms with Crippen LogP contribution in [0.1, 0.15) is 51.1 Å². The van der Waals surface area contributed by atoms with E-state index in [0.717, 1.165) is 24.9 Å². The summed E-state index contributed by atoms with van der Waals surface area (Å²) in [6.45, 7) is 4.61. The third kappa shape index (κ3) is 6.02. The number of amides is 1. The Morgan fingerprint density at radius 1 is 1.30 bits per heavy atom. The molecule has 23 heavy (non-hydrogen) atoms. The molecule has 1 heterocycles. The van der Waals surface area contributed by atoms with Gasteiger partial charge in [0.25, 0.3) is 0 Å². The summed E-state index contributed by atoms with van der Waals surface area (Å²) in [6, 6.07) is 9.45. The van der Waals surface area contributed by atoms with Crippen LogP contribution in [0.2, 0.25) is 0 Å². The van der Waals surface area contributed by atoms with E-state index in [2.05, 4.69) is 10.6 Å². The van der Waals surface area contributed by atoms with Crippen LogP contribution in [0.15, 0.2) is 30.3 Å². The second-order valence-electron chi connectivity index (χ2n) is 6.27. The molecule has 0 spiro atoms. The molecule has 126 valence electrons. The predicted molar refractivity (Wildman–Crippen MR) is 88.8 cm³/mol. The molecule has 2 atom stereocenters. The van der Waals surface area contributed by atoms with Gasteiger partial charge in [-0.15, -0.1) is 0 Å². The van der Waals surface area contributed by atoms with E-state index >= 15 is 0 Å². The van der Waals surface area contributed by atoms with Crippen molar-refractivity contribution in [1.82, 2.24) is 10.6 Å². The lowest BCUT2D eigenvalue weighted by Crippen LogP contribution is -2.35. The Balaban J connectivity index is 1.98. The van der Waals surface area contributed by atoms with Crippen molar-refractivity contribution < 1.29 is 14.3 Å². The van der Waals surface area contributed by atoms with E-state index in [1.54, 1.807) is 0 Å². The average molecular weight is 318 g/mol. The maximum Gasteiger partial charge on any atom is 0.308 e. The Hall–Kier alpha value is -1.88. The van der Waals surface area contributed by atoms with Gasteiger partial charge in [-0.2, -0.15) is 0 Å². The van der Waals surface area contributed by atoms with Crippen LogP contribution in [0.3, 0.4) is 0 Å². The van der Waals surface area contributed by atoms with Crippen LogP contribution in [0.4, 0.5) is 0 Å². The number of carbonyl (C=O) groups is 2. The second kappa shape index (κ2) is 8.67. The molecule has 5 nitrogen and oxygen atoms in total. The Kier molecular flexibility index (Phi) is 6.59. The van der Waals surface area contributed by atoms with Crippen LogP contribution < -0.4 is 10.6 Å².